The highest BCUT2D eigenvalue weighted by Crippen LogP contribution is 2.24. The number of aromatic nitrogens is 2. The van der Waals surface area contributed by atoms with Crippen molar-refractivity contribution in [3.8, 4) is 11.3 Å². The zero-order valence-corrected chi connectivity index (χ0v) is 10.0. The second kappa shape index (κ2) is 4.18. The average Bonchev–Trinajstić information content (AvgIpc) is 2.65. The van der Waals surface area contributed by atoms with Crippen molar-refractivity contribution >= 4 is 26.5 Å². The molecule has 0 aliphatic carbocycles. The molecule has 2 heterocycles. The maximum atomic E-state index is 11.0. The summed E-state index contributed by atoms with van der Waals surface area (Å²) in [7, 11) is -3.26. The second-order valence-corrected chi connectivity index (χ2v) is 5.75. The number of nitrogens with one attached hydrogen (secondary N) is 1. The molecule has 0 aliphatic heterocycles. The van der Waals surface area contributed by atoms with Crippen molar-refractivity contribution in [2.75, 3.05) is 11.0 Å². The molecule has 0 aliphatic rings. The minimum Gasteiger partial charge on any atom is -0.265 e. The van der Waals surface area contributed by atoms with Gasteiger partial charge in [-0.3, -0.25) is 9.71 Å². The molecule has 0 unspecified atom stereocenters. The van der Waals surface area contributed by atoms with Crippen LogP contribution in [0.4, 0.5) is 5.13 Å². The Kier molecular flexibility index (Phi) is 2.88. The van der Waals surface area contributed by atoms with E-state index in [1.54, 1.807) is 17.8 Å². The Balaban J connectivity index is 2.27. The maximum absolute atomic E-state index is 11.0. The Bertz CT molecular complexity index is 578. The van der Waals surface area contributed by atoms with Crippen LogP contribution in [-0.2, 0) is 10.0 Å². The molecule has 2 aromatic heterocycles. The standard InChI is InChI=1S/C9H9N3O2S2/c1-16(13,14)12-9-11-8(6-15-9)7-2-4-10-5-3-7/h2-6H,1H3,(H,11,12). The number of hydrogen-bond acceptors (Lipinski definition) is 5. The largest absolute Gasteiger partial charge is 0.265 e. The fourth-order valence-corrected chi connectivity index (χ4v) is 2.71. The number of sulfonamides is 1. The SMILES string of the molecule is CS(=O)(=O)Nc1nc(-c2ccncc2)cs1. The zero-order chi connectivity index (χ0) is 11.6. The molecule has 16 heavy (non-hydrogen) atoms. The summed E-state index contributed by atoms with van der Waals surface area (Å²) >= 11 is 1.25. The minimum absolute atomic E-state index is 0.370. The molecule has 0 spiro atoms. The van der Waals surface area contributed by atoms with Gasteiger partial charge < -0.3 is 0 Å². The smallest absolute Gasteiger partial charge is 0.231 e. The molecule has 1 N–H and O–H groups in total. The normalized spacial score (nSPS) is 11.3. The van der Waals surface area contributed by atoms with Crippen LogP contribution in [0.5, 0.6) is 0 Å². The first kappa shape index (κ1) is 11.0. The average molecular weight is 255 g/mol. The molecule has 84 valence electrons. The third kappa shape index (κ3) is 2.77. The van der Waals surface area contributed by atoms with Crippen molar-refractivity contribution in [2.45, 2.75) is 0 Å². The summed E-state index contributed by atoms with van der Waals surface area (Å²) in [5, 5.41) is 2.16. The molecular weight excluding hydrogens is 246 g/mol. The van der Waals surface area contributed by atoms with Gasteiger partial charge in [0.2, 0.25) is 10.0 Å². The molecule has 0 saturated carbocycles. The van der Waals surface area contributed by atoms with Crippen LogP contribution >= 0.6 is 11.3 Å². The summed E-state index contributed by atoms with van der Waals surface area (Å²) in [6, 6.07) is 3.64. The molecule has 0 saturated heterocycles. The summed E-state index contributed by atoms with van der Waals surface area (Å²) in [5.41, 5.74) is 1.64. The van der Waals surface area contributed by atoms with Crippen LogP contribution in [0.1, 0.15) is 0 Å². The van der Waals surface area contributed by atoms with Crippen LogP contribution in [-0.4, -0.2) is 24.6 Å². The lowest BCUT2D eigenvalue weighted by molar-refractivity contribution is 0.607. The van der Waals surface area contributed by atoms with E-state index in [0.717, 1.165) is 17.5 Å². The van der Waals surface area contributed by atoms with Crippen molar-refractivity contribution in [1.82, 2.24) is 9.97 Å². The van der Waals surface area contributed by atoms with Crippen LogP contribution in [0.2, 0.25) is 0 Å². The van der Waals surface area contributed by atoms with Gasteiger partial charge in [-0.05, 0) is 12.1 Å². The maximum Gasteiger partial charge on any atom is 0.231 e. The molecule has 0 bridgehead atoms. The molecule has 0 radical (unpaired) electrons. The van der Waals surface area contributed by atoms with Gasteiger partial charge in [-0.1, -0.05) is 0 Å². The van der Waals surface area contributed by atoms with Gasteiger partial charge >= 0.3 is 0 Å². The van der Waals surface area contributed by atoms with Crippen LogP contribution in [0.15, 0.2) is 29.9 Å². The predicted octanol–water partition coefficient (Wildman–Crippen LogP) is 1.58. The second-order valence-electron chi connectivity index (χ2n) is 3.15. The van der Waals surface area contributed by atoms with Gasteiger partial charge in [0, 0.05) is 23.3 Å². The van der Waals surface area contributed by atoms with Gasteiger partial charge in [0.25, 0.3) is 0 Å². The summed E-state index contributed by atoms with van der Waals surface area (Å²) < 4.78 is 24.3. The lowest BCUT2D eigenvalue weighted by Gasteiger charge is -1.97. The van der Waals surface area contributed by atoms with Gasteiger partial charge in [0.05, 0.1) is 11.9 Å². The van der Waals surface area contributed by atoms with Gasteiger partial charge in [0.1, 0.15) is 0 Å². The highest BCUT2D eigenvalue weighted by atomic mass is 32.2. The molecule has 0 aromatic carbocycles. The number of pyridine rings is 1. The van der Waals surface area contributed by atoms with E-state index >= 15 is 0 Å². The van der Waals surface area contributed by atoms with E-state index in [9.17, 15) is 8.42 Å². The summed E-state index contributed by atoms with van der Waals surface area (Å²) in [4.78, 5) is 8.07. The summed E-state index contributed by atoms with van der Waals surface area (Å²) in [6.45, 7) is 0. The van der Waals surface area contributed by atoms with E-state index in [-0.39, 0.29) is 0 Å². The number of hydrogen-bond donors (Lipinski definition) is 1. The highest BCUT2D eigenvalue weighted by Gasteiger charge is 2.07. The fourth-order valence-electron chi connectivity index (χ4n) is 1.13. The topological polar surface area (TPSA) is 72.0 Å². The number of anilines is 1. The van der Waals surface area contributed by atoms with E-state index in [1.165, 1.54) is 11.3 Å². The monoisotopic (exact) mass is 255 g/mol. The molecule has 0 amide bonds. The van der Waals surface area contributed by atoms with Crippen molar-refractivity contribution in [2.24, 2.45) is 0 Å². The highest BCUT2D eigenvalue weighted by molar-refractivity contribution is 7.92. The van der Waals surface area contributed by atoms with Gasteiger partial charge in [-0.15, -0.1) is 11.3 Å². The predicted molar refractivity (Wildman–Crippen MR) is 63.8 cm³/mol. The molecular formula is C9H9N3O2S2. The molecule has 2 aromatic rings. The Labute approximate surface area is 97.2 Å². The van der Waals surface area contributed by atoms with Crippen molar-refractivity contribution < 1.29 is 8.42 Å². The third-order valence-electron chi connectivity index (χ3n) is 1.75. The minimum atomic E-state index is -3.26. The molecule has 0 atom stereocenters. The van der Waals surface area contributed by atoms with Gasteiger partial charge in [0.15, 0.2) is 5.13 Å². The first-order chi connectivity index (χ1) is 7.54. The third-order valence-corrected chi connectivity index (χ3v) is 3.20. The number of nitrogens with zero attached hydrogens (tertiary/aromatic N) is 2. The van der Waals surface area contributed by atoms with Crippen molar-refractivity contribution in [3.63, 3.8) is 0 Å². The van der Waals surface area contributed by atoms with Crippen molar-refractivity contribution in [3.05, 3.63) is 29.9 Å². The Morgan fingerprint density at radius 1 is 1.31 bits per heavy atom. The van der Waals surface area contributed by atoms with Gasteiger partial charge in [-0.25, -0.2) is 13.4 Å². The summed E-state index contributed by atoms with van der Waals surface area (Å²) in [6.07, 6.45) is 4.43. The lowest BCUT2D eigenvalue weighted by atomic mass is 10.2. The first-order valence-corrected chi connectivity index (χ1v) is 7.15. The van der Waals surface area contributed by atoms with E-state index < -0.39 is 10.0 Å². The van der Waals surface area contributed by atoms with Gasteiger partial charge in [-0.2, -0.15) is 0 Å². The molecule has 7 heteroatoms. The zero-order valence-electron chi connectivity index (χ0n) is 8.41. The van der Waals surface area contributed by atoms with Crippen LogP contribution in [0.3, 0.4) is 0 Å². The lowest BCUT2D eigenvalue weighted by Crippen LogP contribution is -2.08. The fraction of sp³-hybridized carbons (Fsp3) is 0.111. The van der Waals surface area contributed by atoms with E-state index in [1.807, 2.05) is 12.1 Å². The van der Waals surface area contributed by atoms with Crippen LogP contribution in [0, 0.1) is 0 Å². The van der Waals surface area contributed by atoms with E-state index in [2.05, 4.69) is 14.7 Å². The van der Waals surface area contributed by atoms with Crippen LogP contribution < -0.4 is 4.72 Å². The molecule has 2 rings (SSSR count). The quantitative estimate of drug-likeness (QED) is 0.903. The number of thiazole rings is 1. The Morgan fingerprint density at radius 2 is 2.00 bits per heavy atom. The Morgan fingerprint density at radius 3 is 2.62 bits per heavy atom. The first-order valence-electron chi connectivity index (χ1n) is 4.38. The van der Waals surface area contributed by atoms with Crippen LogP contribution in [0.25, 0.3) is 11.3 Å². The Hall–Kier alpha value is -1.47. The molecule has 0 fully saturated rings. The van der Waals surface area contributed by atoms with Crippen molar-refractivity contribution in [1.29, 1.82) is 0 Å². The number of rotatable bonds is 3. The van der Waals surface area contributed by atoms with E-state index in [4.69, 9.17) is 0 Å². The molecule has 5 nitrogen and oxygen atoms in total. The van der Waals surface area contributed by atoms with E-state index in [0.29, 0.717) is 5.13 Å². The summed E-state index contributed by atoms with van der Waals surface area (Å²) in [5.74, 6) is 0.